The molecule has 2 aromatic carbocycles. The topological polar surface area (TPSA) is 37.4 Å². The van der Waals surface area contributed by atoms with Crippen LogP contribution in [0.4, 0.5) is 5.69 Å². The van der Waals surface area contributed by atoms with Crippen LogP contribution < -0.4 is 4.90 Å². The number of thiophene rings is 1. The molecule has 26 heavy (non-hydrogen) atoms. The summed E-state index contributed by atoms with van der Waals surface area (Å²) in [4.78, 5) is 29.8. The molecule has 1 aliphatic rings. The molecule has 3 nitrogen and oxygen atoms in total. The van der Waals surface area contributed by atoms with Gasteiger partial charge in [0.15, 0.2) is 0 Å². The average Bonchev–Trinajstić information content (AvgIpc) is 3.23. The number of anilines is 1. The van der Waals surface area contributed by atoms with E-state index in [0.29, 0.717) is 16.2 Å². The molecular formula is C20H12BrNO2S2. The van der Waals surface area contributed by atoms with E-state index in [4.69, 9.17) is 0 Å². The smallest absolute Gasteiger partial charge is 0.268 e. The van der Waals surface area contributed by atoms with Crippen LogP contribution in [0.5, 0.6) is 0 Å². The molecule has 3 aromatic rings. The van der Waals surface area contributed by atoms with Gasteiger partial charge in [-0.3, -0.25) is 9.59 Å². The number of imide groups is 1. The lowest BCUT2D eigenvalue weighted by Gasteiger charge is -2.15. The standard InChI is InChI=1S/C20H12BrNO2S2/c21-13-6-4-7-14(12-13)22-19(23)17(16-10-5-11-25-16)18(20(22)24)26-15-8-2-1-3-9-15/h1-12H. The van der Waals surface area contributed by atoms with Crippen molar-refractivity contribution in [1.29, 1.82) is 0 Å². The second kappa shape index (κ2) is 7.23. The zero-order valence-electron chi connectivity index (χ0n) is 13.4. The van der Waals surface area contributed by atoms with E-state index in [1.165, 1.54) is 28.0 Å². The number of nitrogens with zero attached hydrogens (tertiary/aromatic N) is 1. The first kappa shape index (κ1) is 17.3. The van der Waals surface area contributed by atoms with Crippen molar-refractivity contribution in [2.45, 2.75) is 4.90 Å². The highest BCUT2D eigenvalue weighted by Gasteiger charge is 2.40. The molecule has 0 saturated carbocycles. The highest BCUT2D eigenvalue weighted by atomic mass is 79.9. The summed E-state index contributed by atoms with van der Waals surface area (Å²) in [6.07, 6.45) is 0. The number of hydrogen-bond acceptors (Lipinski definition) is 4. The van der Waals surface area contributed by atoms with Gasteiger partial charge in [0.1, 0.15) is 0 Å². The highest BCUT2D eigenvalue weighted by Crippen LogP contribution is 2.42. The molecule has 0 saturated heterocycles. The molecule has 2 heterocycles. The molecule has 2 amide bonds. The van der Waals surface area contributed by atoms with E-state index in [0.717, 1.165) is 14.2 Å². The molecule has 0 unspecified atom stereocenters. The van der Waals surface area contributed by atoms with E-state index in [1.807, 2.05) is 60.0 Å². The van der Waals surface area contributed by atoms with Crippen molar-refractivity contribution in [2.75, 3.05) is 4.90 Å². The first-order valence-electron chi connectivity index (χ1n) is 7.80. The Labute approximate surface area is 167 Å². The molecule has 1 aliphatic heterocycles. The van der Waals surface area contributed by atoms with Gasteiger partial charge in [-0.2, -0.15) is 0 Å². The summed E-state index contributed by atoms with van der Waals surface area (Å²) < 4.78 is 0.817. The van der Waals surface area contributed by atoms with Gasteiger partial charge in [-0.05, 0) is 41.8 Å². The third-order valence-electron chi connectivity index (χ3n) is 3.84. The number of carbonyl (C=O) groups excluding carboxylic acids is 2. The van der Waals surface area contributed by atoms with Gasteiger partial charge >= 0.3 is 0 Å². The second-order valence-corrected chi connectivity index (χ2v) is 8.47. The van der Waals surface area contributed by atoms with Crippen LogP contribution in [0.15, 0.2) is 86.4 Å². The third kappa shape index (κ3) is 3.16. The Morgan fingerprint density at radius 3 is 2.38 bits per heavy atom. The molecule has 6 heteroatoms. The van der Waals surface area contributed by atoms with Gasteiger partial charge in [0.25, 0.3) is 11.8 Å². The van der Waals surface area contributed by atoms with Gasteiger partial charge in [0.2, 0.25) is 0 Å². The molecule has 128 valence electrons. The lowest BCUT2D eigenvalue weighted by molar-refractivity contribution is -0.119. The van der Waals surface area contributed by atoms with Crippen LogP contribution in [0.2, 0.25) is 0 Å². The molecule has 0 N–H and O–H groups in total. The Balaban J connectivity index is 1.81. The van der Waals surface area contributed by atoms with Crippen molar-refractivity contribution in [3.63, 3.8) is 0 Å². The Morgan fingerprint density at radius 1 is 0.885 bits per heavy atom. The van der Waals surface area contributed by atoms with E-state index >= 15 is 0 Å². The SMILES string of the molecule is O=C1C(Sc2ccccc2)=C(c2cccs2)C(=O)N1c1cccc(Br)c1. The number of halogens is 1. The Morgan fingerprint density at radius 2 is 1.69 bits per heavy atom. The summed E-state index contributed by atoms with van der Waals surface area (Å²) in [6, 6.07) is 20.6. The van der Waals surface area contributed by atoms with Crippen LogP contribution in [-0.4, -0.2) is 11.8 Å². The molecule has 0 radical (unpaired) electrons. The van der Waals surface area contributed by atoms with Gasteiger partial charge < -0.3 is 0 Å². The predicted molar refractivity (Wildman–Crippen MR) is 110 cm³/mol. The number of amides is 2. The minimum absolute atomic E-state index is 0.283. The molecule has 1 aromatic heterocycles. The summed E-state index contributed by atoms with van der Waals surface area (Å²) >= 11 is 6.20. The lowest BCUT2D eigenvalue weighted by Crippen LogP contribution is -2.31. The van der Waals surface area contributed by atoms with E-state index in [-0.39, 0.29) is 11.8 Å². The van der Waals surface area contributed by atoms with Crippen LogP contribution in [0.25, 0.3) is 5.57 Å². The van der Waals surface area contributed by atoms with Crippen LogP contribution in [-0.2, 0) is 9.59 Å². The molecule has 0 bridgehead atoms. The summed E-state index contributed by atoms with van der Waals surface area (Å²) in [7, 11) is 0. The maximum Gasteiger partial charge on any atom is 0.272 e. The first-order valence-corrected chi connectivity index (χ1v) is 10.3. The molecule has 0 fully saturated rings. The number of hydrogen-bond donors (Lipinski definition) is 0. The molecular weight excluding hydrogens is 430 g/mol. The zero-order chi connectivity index (χ0) is 18.1. The van der Waals surface area contributed by atoms with Crippen molar-refractivity contribution in [3.05, 3.63) is 86.4 Å². The van der Waals surface area contributed by atoms with Crippen molar-refractivity contribution in [2.24, 2.45) is 0 Å². The van der Waals surface area contributed by atoms with Gasteiger partial charge in [-0.15, -0.1) is 11.3 Å². The molecule has 0 aliphatic carbocycles. The van der Waals surface area contributed by atoms with Crippen LogP contribution in [0.1, 0.15) is 4.88 Å². The minimum atomic E-state index is -0.287. The average molecular weight is 442 g/mol. The fourth-order valence-corrected chi connectivity index (χ4v) is 4.93. The van der Waals surface area contributed by atoms with E-state index in [2.05, 4.69) is 15.9 Å². The van der Waals surface area contributed by atoms with Gasteiger partial charge in [-0.1, -0.05) is 58.0 Å². The van der Waals surface area contributed by atoms with E-state index < -0.39 is 0 Å². The van der Waals surface area contributed by atoms with Crippen LogP contribution >= 0.6 is 39.0 Å². The van der Waals surface area contributed by atoms with Gasteiger partial charge in [-0.25, -0.2) is 4.90 Å². The Bertz CT molecular complexity index is 1010. The quantitative estimate of drug-likeness (QED) is 0.495. The lowest BCUT2D eigenvalue weighted by atomic mass is 10.2. The van der Waals surface area contributed by atoms with E-state index in [9.17, 15) is 9.59 Å². The normalized spacial score (nSPS) is 14.4. The third-order valence-corrected chi connectivity index (χ3v) is 6.31. The van der Waals surface area contributed by atoms with Gasteiger partial charge in [0, 0.05) is 14.2 Å². The number of thioether (sulfide) groups is 1. The first-order chi connectivity index (χ1) is 12.6. The number of benzene rings is 2. The summed E-state index contributed by atoms with van der Waals surface area (Å²) in [5.41, 5.74) is 1.03. The monoisotopic (exact) mass is 441 g/mol. The largest absolute Gasteiger partial charge is 0.272 e. The van der Waals surface area contributed by atoms with Crippen molar-refractivity contribution in [3.8, 4) is 0 Å². The molecule has 0 spiro atoms. The van der Waals surface area contributed by atoms with Crippen molar-refractivity contribution >= 4 is 62.1 Å². The minimum Gasteiger partial charge on any atom is -0.268 e. The van der Waals surface area contributed by atoms with Crippen molar-refractivity contribution in [1.82, 2.24) is 0 Å². The number of rotatable bonds is 4. The van der Waals surface area contributed by atoms with Crippen molar-refractivity contribution < 1.29 is 9.59 Å². The second-order valence-electron chi connectivity index (χ2n) is 5.52. The maximum atomic E-state index is 13.2. The predicted octanol–water partition coefficient (Wildman–Crippen LogP) is 5.59. The highest BCUT2D eigenvalue weighted by molar-refractivity contribution is 9.10. The summed E-state index contributed by atoms with van der Waals surface area (Å²) in [6.45, 7) is 0. The van der Waals surface area contributed by atoms with E-state index in [1.54, 1.807) is 12.1 Å². The molecule has 0 atom stereocenters. The zero-order valence-corrected chi connectivity index (χ0v) is 16.6. The fourth-order valence-electron chi connectivity index (χ4n) is 2.70. The molecule has 4 rings (SSSR count). The van der Waals surface area contributed by atoms with Gasteiger partial charge in [0.05, 0.1) is 16.2 Å². The fraction of sp³-hybridized carbons (Fsp3) is 0. The summed E-state index contributed by atoms with van der Waals surface area (Å²) in [5.74, 6) is -0.570. The van der Waals surface area contributed by atoms with Crippen LogP contribution in [0, 0.1) is 0 Å². The maximum absolute atomic E-state index is 13.2. The Kier molecular flexibility index (Phi) is 4.80. The van der Waals surface area contributed by atoms with Crippen LogP contribution in [0.3, 0.4) is 0 Å². The Hall–Kier alpha value is -2.15. The number of carbonyl (C=O) groups is 2. The summed E-state index contributed by atoms with van der Waals surface area (Å²) in [5, 5.41) is 1.91.